The van der Waals surface area contributed by atoms with Crippen LogP contribution in [0, 0.1) is 0 Å². The summed E-state index contributed by atoms with van der Waals surface area (Å²) in [5.74, 6) is -4.22. The molecule has 2 N–H and O–H groups in total. The Balaban J connectivity index is 0.00000106. The molecule has 12 heteroatoms. The number of aliphatic carboxylic acids is 2. The molecule has 0 fully saturated rings. The summed E-state index contributed by atoms with van der Waals surface area (Å²) in [6.45, 7) is 13.4. The molecule has 0 saturated heterocycles. The van der Waals surface area contributed by atoms with E-state index < -0.39 is 42.2 Å². The smallest absolute Gasteiger partial charge is 0.339 e. The highest BCUT2D eigenvalue weighted by Gasteiger charge is 2.20. The zero-order chi connectivity index (χ0) is 48.3. The molecule has 0 unspecified atom stereocenters. The van der Waals surface area contributed by atoms with E-state index in [9.17, 15) is 28.8 Å². The van der Waals surface area contributed by atoms with Crippen LogP contribution in [0.15, 0.2) is 60.7 Å². The number of benzene rings is 2. The van der Waals surface area contributed by atoms with E-state index in [1.54, 1.807) is 48.5 Å². The van der Waals surface area contributed by atoms with Crippen LogP contribution in [0.25, 0.3) is 0 Å². The van der Waals surface area contributed by atoms with Crippen LogP contribution in [0.5, 0.6) is 0 Å². The molecule has 0 spiro atoms. The van der Waals surface area contributed by atoms with Crippen LogP contribution in [-0.2, 0) is 28.5 Å². The first-order chi connectivity index (χ1) is 31.4. The van der Waals surface area contributed by atoms with Gasteiger partial charge in [0.2, 0.25) is 0 Å². The first-order valence-corrected chi connectivity index (χ1v) is 24.4. The fourth-order valence-electron chi connectivity index (χ4n) is 6.44. The molecule has 2 aromatic rings. The van der Waals surface area contributed by atoms with Crippen molar-refractivity contribution < 1.29 is 57.9 Å². The molecule has 0 aliphatic carbocycles. The number of hydrogen-bond acceptors (Lipinski definition) is 10. The number of carboxylic acid groups (broad SMARTS) is 2. The van der Waals surface area contributed by atoms with Crippen LogP contribution in [0.4, 0.5) is 0 Å². The first kappa shape index (κ1) is 60.0. The molecule has 0 bridgehead atoms. The van der Waals surface area contributed by atoms with E-state index in [2.05, 4.69) is 34.3 Å². The van der Waals surface area contributed by atoms with Crippen molar-refractivity contribution in [3.63, 3.8) is 0 Å². The minimum atomic E-state index is -1.27. The molecule has 65 heavy (non-hydrogen) atoms. The molecular formula is C53H82O12. The summed E-state index contributed by atoms with van der Waals surface area (Å²) in [6, 6.07) is 13.5. The summed E-state index contributed by atoms with van der Waals surface area (Å²) in [7, 11) is 0. The molecule has 0 aliphatic rings. The zero-order valence-electron chi connectivity index (χ0n) is 40.3. The van der Waals surface area contributed by atoms with Gasteiger partial charge in [-0.15, -0.1) is 0 Å². The molecule has 12 nitrogen and oxygen atoms in total. The van der Waals surface area contributed by atoms with E-state index in [-0.39, 0.29) is 5.57 Å². The lowest BCUT2D eigenvalue weighted by Crippen LogP contribution is -2.15. The average Bonchev–Trinajstić information content (AvgIpc) is 3.30. The van der Waals surface area contributed by atoms with Gasteiger partial charge in [-0.3, -0.25) is 4.79 Å². The molecule has 0 radical (unpaired) electrons. The quantitative estimate of drug-likeness (QED) is 0.0290. The van der Waals surface area contributed by atoms with Crippen molar-refractivity contribution in [2.75, 3.05) is 26.4 Å². The number of unbranched alkanes of at least 4 members (excludes halogenated alkanes) is 20. The van der Waals surface area contributed by atoms with Gasteiger partial charge >= 0.3 is 35.8 Å². The number of carboxylic acids is 2. The number of carbonyl (C=O) groups is 6. The summed E-state index contributed by atoms with van der Waals surface area (Å²) in [6.07, 6.45) is 26.8. The van der Waals surface area contributed by atoms with E-state index >= 15 is 0 Å². The third-order valence-electron chi connectivity index (χ3n) is 10.3. The average molecular weight is 911 g/mol. The summed E-state index contributed by atoms with van der Waals surface area (Å²) in [4.78, 5) is 69.1. The number of carbonyl (C=O) groups excluding carboxylic acids is 4. The van der Waals surface area contributed by atoms with E-state index in [1.165, 1.54) is 103 Å². The van der Waals surface area contributed by atoms with E-state index in [4.69, 9.17) is 29.2 Å². The molecule has 0 aromatic heterocycles. The second-order valence-corrected chi connectivity index (χ2v) is 16.2. The Morgan fingerprint density at radius 2 is 0.600 bits per heavy atom. The Morgan fingerprint density at radius 3 is 0.785 bits per heavy atom. The highest BCUT2D eigenvalue weighted by Crippen LogP contribution is 2.16. The highest BCUT2D eigenvalue weighted by molar-refractivity contribution is 6.03. The predicted octanol–water partition coefficient (Wildman–Crippen LogP) is 13.5. The molecular weight excluding hydrogens is 829 g/mol. The fraction of sp³-hybridized carbons (Fsp3) is 0.623. The molecule has 0 aliphatic heterocycles. The Kier molecular flexibility index (Phi) is 38.5. The van der Waals surface area contributed by atoms with Gasteiger partial charge < -0.3 is 29.2 Å². The minimum absolute atomic E-state index is 0.293. The fourth-order valence-corrected chi connectivity index (χ4v) is 6.44. The van der Waals surface area contributed by atoms with Gasteiger partial charge in [0, 0.05) is 5.57 Å². The van der Waals surface area contributed by atoms with Crippen molar-refractivity contribution in [2.45, 2.75) is 188 Å². The molecule has 0 heterocycles. The lowest BCUT2D eigenvalue weighted by atomic mass is 10.1. The van der Waals surface area contributed by atoms with E-state index in [0.717, 1.165) is 51.4 Å². The van der Waals surface area contributed by atoms with Gasteiger partial charge in [0.25, 0.3) is 0 Å². The van der Waals surface area contributed by atoms with Crippen LogP contribution < -0.4 is 0 Å². The second-order valence-electron chi connectivity index (χ2n) is 16.2. The third-order valence-corrected chi connectivity index (χ3v) is 10.3. The largest absolute Gasteiger partial charge is 0.481 e. The maximum absolute atomic E-state index is 12.4. The summed E-state index contributed by atoms with van der Waals surface area (Å²) in [5.41, 5.74) is 0.869. The molecule has 2 rings (SSSR count). The van der Waals surface area contributed by atoms with Crippen molar-refractivity contribution in [3.8, 4) is 0 Å². The van der Waals surface area contributed by atoms with Gasteiger partial charge in [-0.2, -0.15) is 0 Å². The first-order valence-electron chi connectivity index (χ1n) is 24.4. The van der Waals surface area contributed by atoms with E-state index in [1.807, 2.05) is 0 Å². The van der Waals surface area contributed by atoms with Gasteiger partial charge in [-0.1, -0.05) is 187 Å². The maximum Gasteiger partial charge on any atom is 0.339 e. The summed E-state index contributed by atoms with van der Waals surface area (Å²) in [5, 5.41) is 16.1. The van der Waals surface area contributed by atoms with Crippen molar-refractivity contribution in [1.29, 1.82) is 0 Å². The lowest BCUT2D eigenvalue weighted by molar-refractivity contribution is -0.139. The SMILES string of the molecule is C=C(CC(=O)O)C(=O)O.CCCCCCCCOC(=O)c1ccccc1C(=O)OCCCCCCCC.CCCCCCCCOC(=O)c1ccccc1C(=O)OCCCCCCCC. The lowest BCUT2D eigenvalue weighted by Gasteiger charge is -2.10. The maximum atomic E-state index is 12.4. The van der Waals surface area contributed by atoms with Crippen molar-refractivity contribution >= 4 is 35.8 Å². The number of hydrogen-bond donors (Lipinski definition) is 2. The molecule has 0 amide bonds. The number of rotatable bonds is 35. The van der Waals surface area contributed by atoms with Crippen molar-refractivity contribution in [2.24, 2.45) is 0 Å². The van der Waals surface area contributed by atoms with E-state index in [0.29, 0.717) is 48.7 Å². The standard InChI is InChI=1S/2C24H38O4.C5H6O4/c2*1-3-5-7-9-11-15-19-27-23(25)21-17-13-14-18-22(21)24(26)28-20-16-12-10-8-6-4-2;1-3(5(8)9)2-4(6)7/h2*13-14,17-18H,3-12,15-16,19-20H2,1-2H3;1-2H2,(H,6,7)(H,8,9). The predicted molar refractivity (Wildman–Crippen MR) is 257 cm³/mol. The summed E-state index contributed by atoms with van der Waals surface area (Å²) < 4.78 is 21.4. The second kappa shape index (κ2) is 41.7. The Morgan fingerprint density at radius 1 is 0.385 bits per heavy atom. The topological polar surface area (TPSA) is 180 Å². The number of esters is 4. The van der Waals surface area contributed by atoms with Gasteiger partial charge in [0.15, 0.2) is 0 Å². The van der Waals surface area contributed by atoms with Crippen LogP contribution in [0.1, 0.15) is 230 Å². The van der Waals surface area contributed by atoms with Gasteiger partial charge in [-0.25, -0.2) is 24.0 Å². The highest BCUT2D eigenvalue weighted by atomic mass is 16.5. The molecule has 0 atom stereocenters. The van der Waals surface area contributed by atoms with Crippen LogP contribution in [0.3, 0.4) is 0 Å². The van der Waals surface area contributed by atoms with Crippen LogP contribution in [0.2, 0.25) is 0 Å². The Bertz CT molecular complexity index is 1420. The molecule has 2 aromatic carbocycles. The van der Waals surface area contributed by atoms with Crippen LogP contribution in [-0.4, -0.2) is 72.5 Å². The van der Waals surface area contributed by atoms with Gasteiger partial charge in [0.1, 0.15) is 0 Å². The normalized spacial score (nSPS) is 10.3. The minimum Gasteiger partial charge on any atom is -0.481 e. The Labute approximate surface area is 390 Å². The van der Waals surface area contributed by atoms with Crippen LogP contribution >= 0.6 is 0 Å². The molecule has 366 valence electrons. The third kappa shape index (κ3) is 32.3. The van der Waals surface area contributed by atoms with Crippen molar-refractivity contribution in [1.82, 2.24) is 0 Å². The van der Waals surface area contributed by atoms with Crippen molar-refractivity contribution in [3.05, 3.63) is 82.9 Å². The summed E-state index contributed by atoms with van der Waals surface area (Å²) >= 11 is 0. The van der Waals surface area contributed by atoms with Gasteiger partial charge in [0.05, 0.1) is 55.1 Å². The molecule has 0 saturated carbocycles. The van der Waals surface area contributed by atoms with Gasteiger partial charge in [-0.05, 0) is 49.9 Å². The monoisotopic (exact) mass is 911 g/mol. The zero-order valence-corrected chi connectivity index (χ0v) is 40.3. The number of ether oxygens (including phenoxy) is 4. The Hall–Kier alpha value is -5.00.